The van der Waals surface area contributed by atoms with Crippen molar-refractivity contribution in [1.82, 2.24) is 15.5 Å². The number of nitrogens with one attached hydrogen (secondary N) is 1. The molecule has 5 nitrogen and oxygen atoms in total. The predicted molar refractivity (Wildman–Crippen MR) is 77.3 cm³/mol. The van der Waals surface area contributed by atoms with E-state index >= 15 is 0 Å². The van der Waals surface area contributed by atoms with Gasteiger partial charge in [0, 0.05) is 11.6 Å². The van der Waals surface area contributed by atoms with Crippen LogP contribution >= 0.6 is 11.6 Å². The highest BCUT2D eigenvalue weighted by Crippen LogP contribution is 2.53. The van der Waals surface area contributed by atoms with Crippen molar-refractivity contribution in [1.29, 1.82) is 0 Å². The third kappa shape index (κ3) is 2.35. The zero-order valence-corrected chi connectivity index (χ0v) is 12.3. The minimum absolute atomic E-state index is 0.0198. The summed E-state index contributed by atoms with van der Waals surface area (Å²) in [5.74, 6) is 1.37. The molecule has 2 aliphatic rings. The highest BCUT2D eigenvalue weighted by atomic mass is 35.5. The SMILES string of the molecule is Clc1cccc(C2(c3nc(C4COCCN4)no3)CC2)c1. The first-order valence-corrected chi connectivity index (χ1v) is 7.57. The monoisotopic (exact) mass is 305 g/mol. The Balaban J connectivity index is 1.63. The van der Waals surface area contributed by atoms with Crippen LogP contribution < -0.4 is 5.32 Å². The maximum atomic E-state index is 6.10. The Morgan fingerprint density at radius 2 is 2.24 bits per heavy atom. The van der Waals surface area contributed by atoms with Crippen molar-refractivity contribution in [2.24, 2.45) is 0 Å². The molecule has 2 heterocycles. The topological polar surface area (TPSA) is 60.2 Å². The first-order valence-electron chi connectivity index (χ1n) is 7.19. The van der Waals surface area contributed by atoms with Crippen LogP contribution in [0.1, 0.15) is 36.2 Å². The van der Waals surface area contributed by atoms with Gasteiger partial charge in [0.25, 0.3) is 0 Å². The van der Waals surface area contributed by atoms with E-state index in [4.69, 9.17) is 20.9 Å². The van der Waals surface area contributed by atoms with Crippen molar-refractivity contribution < 1.29 is 9.26 Å². The van der Waals surface area contributed by atoms with Crippen molar-refractivity contribution in [2.45, 2.75) is 24.3 Å². The van der Waals surface area contributed by atoms with Gasteiger partial charge in [-0.05, 0) is 30.5 Å². The van der Waals surface area contributed by atoms with Gasteiger partial charge in [-0.3, -0.25) is 0 Å². The maximum Gasteiger partial charge on any atom is 0.237 e. The van der Waals surface area contributed by atoms with E-state index in [0.29, 0.717) is 18.3 Å². The highest BCUT2D eigenvalue weighted by Gasteiger charge is 2.51. The van der Waals surface area contributed by atoms with Gasteiger partial charge in [0.15, 0.2) is 5.82 Å². The Labute approximate surface area is 127 Å². The smallest absolute Gasteiger partial charge is 0.237 e. The van der Waals surface area contributed by atoms with Gasteiger partial charge in [-0.25, -0.2) is 0 Å². The third-order valence-corrected chi connectivity index (χ3v) is 4.45. The summed E-state index contributed by atoms with van der Waals surface area (Å²) in [7, 11) is 0. The number of hydrogen-bond donors (Lipinski definition) is 1. The number of nitrogens with zero attached hydrogens (tertiary/aromatic N) is 2. The lowest BCUT2D eigenvalue weighted by Gasteiger charge is -2.20. The van der Waals surface area contributed by atoms with Crippen molar-refractivity contribution in [3.05, 3.63) is 46.6 Å². The molecule has 2 fully saturated rings. The molecular weight excluding hydrogens is 290 g/mol. The molecule has 1 saturated heterocycles. The van der Waals surface area contributed by atoms with Crippen LogP contribution in [0.2, 0.25) is 5.02 Å². The molecule has 1 aromatic carbocycles. The van der Waals surface area contributed by atoms with E-state index in [1.54, 1.807) is 0 Å². The van der Waals surface area contributed by atoms with Crippen molar-refractivity contribution in [3.8, 4) is 0 Å². The van der Waals surface area contributed by atoms with Crippen LogP contribution in [0.15, 0.2) is 28.8 Å². The third-order valence-electron chi connectivity index (χ3n) is 4.21. The standard InChI is InChI=1S/C15H16ClN3O2/c16-11-3-1-2-10(8-11)15(4-5-15)14-18-13(19-21-14)12-9-20-7-6-17-12/h1-3,8,12,17H,4-7,9H2. The second-order valence-electron chi connectivity index (χ2n) is 5.63. The Bertz CT molecular complexity index is 648. The predicted octanol–water partition coefficient (Wildman–Crippen LogP) is 2.46. The van der Waals surface area contributed by atoms with E-state index in [2.05, 4.69) is 21.5 Å². The van der Waals surface area contributed by atoms with Crippen LogP contribution in [-0.4, -0.2) is 29.9 Å². The van der Waals surface area contributed by atoms with Gasteiger partial charge >= 0.3 is 0 Å². The number of hydrogen-bond acceptors (Lipinski definition) is 5. The summed E-state index contributed by atoms with van der Waals surface area (Å²) in [5, 5.41) is 8.21. The summed E-state index contributed by atoms with van der Waals surface area (Å²) in [5.41, 5.74) is 1.00. The lowest BCUT2D eigenvalue weighted by atomic mass is 9.96. The first-order chi connectivity index (χ1) is 10.3. The molecule has 1 aromatic heterocycles. The minimum atomic E-state index is -0.147. The van der Waals surface area contributed by atoms with Gasteiger partial charge < -0.3 is 14.6 Å². The van der Waals surface area contributed by atoms with Crippen LogP contribution in [0.5, 0.6) is 0 Å². The first kappa shape index (κ1) is 13.2. The molecule has 1 N–H and O–H groups in total. The molecule has 0 radical (unpaired) electrons. The molecule has 4 rings (SSSR count). The van der Waals surface area contributed by atoms with Crippen molar-refractivity contribution in [2.75, 3.05) is 19.8 Å². The van der Waals surface area contributed by atoms with Gasteiger partial charge in [0.05, 0.1) is 24.7 Å². The molecule has 1 saturated carbocycles. The van der Waals surface area contributed by atoms with E-state index in [1.165, 1.54) is 0 Å². The van der Waals surface area contributed by atoms with Crippen molar-refractivity contribution in [3.63, 3.8) is 0 Å². The summed E-state index contributed by atoms with van der Waals surface area (Å²) in [6.07, 6.45) is 2.03. The molecule has 21 heavy (non-hydrogen) atoms. The number of morpholine rings is 1. The normalized spacial score (nSPS) is 24.0. The van der Waals surface area contributed by atoms with Crippen molar-refractivity contribution >= 4 is 11.6 Å². The van der Waals surface area contributed by atoms with Gasteiger partial charge in [-0.1, -0.05) is 28.9 Å². The maximum absolute atomic E-state index is 6.10. The zero-order chi connectivity index (χ0) is 14.3. The van der Waals surface area contributed by atoms with Crippen LogP contribution in [-0.2, 0) is 10.2 Å². The summed E-state index contributed by atoms with van der Waals surface area (Å²) in [6.45, 7) is 2.13. The van der Waals surface area contributed by atoms with E-state index in [1.807, 2.05) is 18.2 Å². The molecule has 2 aromatic rings. The molecule has 0 amide bonds. The summed E-state index contributed by atoms with van der Waals surface area (Å²) in [6, 6.07) is 7.92. The Hall–Kier alpha value is -1.43. The Morgan fingerprint density at radius 3 is 2.95 bits per heavy atom. The quantitative estimate of drug-likeness (QED) is 0.944. The summed E-state index contributed by atoms with van der Waals surface area (Å²) >= 11 is 6.10. The molecule has 0 bridgehead atoms. The van der Waals surface area contributed by atoms with Crippen LogP contribution in [0, 0.1) is 0 Å². The fourth-order valence-corrected chi connectivity index (χ4v) is 3.03. The number of rotatable bonds is 3. The molecule has 1 aliphatic heterocycles. The fraction of sp³-hybridized carbons (Fsp3) is 0.467. The Morgan fingerprint density at radius 1 is 1.33 bits per heavy atom. The van der Waals surface area contributed by atoms with Crippen LogP contribution in [0.3, 0.4) is 0 Å². The second-order valence-corrected chi connectivity index (χ2v) is 6.07. The number of halogens is 1. The average Bonchev–Trinajstić information content (AvgIpc) is 3.19. The number of benzene rings is 1. The number of aromatic nitrogens is 2. The molecule has 0 spiro atoms. The average molecular weight is 306 g/mol. The molecule has 1 unspecified atom stereocenters. The van der Waals surface area contributed by atoms with E-state index in [0.717, 1.165) is 36.6 Å². The second kappa shape index (κ2) is 5.09. The minimum Gasteiger partial charge on any atom is -0.378 e. The molecule has 6 heteroatoms. The molecule has 1 aliphatic carbocycles. The zero-order valence-electron chi connectivity index (χ0n) is 11.5. The van der Waals surface area contributed by atoms with Gasteiger partial charge in [-0.15, -0.1) is 0 Å². The Kier molecular flexibility index (Phi) is 3.21. The van der Waals surface area contributed by atoms with Gasteiger partial charge in [-0.2, -0.15) is 4.98 Å². The van der Waals surface area contributed by atoms with Gasteiger partial charge in [0.1, 0.15) is 0 Å². The van der Waals surface area contributed by atoms with Crippen LogP contribution in [0.25, 0.3) is 0 Å². The molecule has 1 atom stereocenters. The number of ether oxygens (including phenoxy) is 1. The van der Waals surface area contributed by atoms with E-state index in [9.17, 15) is 0 Å². The van der Waals surface area contributed by atoms with Gasteiger partial charge in [0.2, 0.25) is 5.89 Å². The molecular formula is C15H16ClN3O2. The summed E-state index contributed by atoms with van der Waals surface area (Å²) in [4.78, 5) is 4.61. The van der Waals surface area contributed by atoms with Crippen LogP contribution in [0.4, 0.5) is 0 Å². The summed E-state index contributed by atoms with van der Waals surface area (Å²) < 4.78 is 11.0. The largest absolute Gasteiger partial charge is 0.378 e. The highest BCUT2D eigenvalue weighted by molar-refractivity contribution is 6.30. The van der Waals surface area contributed by atoms with E-state index in [-0.39, 0.29) is 11.5 Å². The lowest BCUT2D eigenvalue weighted by Crippen LogP contribution is -2.35. The van der Waals surface area contributed by atoms with E-state index < -0.39 is 0 Å². The fourth-order valence-electron chi connectivity index (χ4n) is 2.84. The molecule has 110 valence electrons. The lowest BCUT2D eigenvalue weighted by molar-refractivity contribution is 0.0734.